The number of esters is 1. The summed E-state index contributed by atoms with van der Waals surface area (Å²) >= 11 is 5.90. The molecule has 102 valence electrons. The van der Waals surface area contributed by atoms with Crippen molar-refractivity contribution in [3.05, 3.63) is 58.9 Å². The summed E-state index contributed by atoms with van der Waals surface area (Å²) in [5.41, 5.74) is 1.12. The number of aromatic nitrogens is 1. The molecule has 1 N–H and O–H groups in total. The second kappa shape index (κ2) is 6.16. The average Bonchev–Trinajstić information content (AvgIpc) is 2.49. The number of nitrogens with zero attached hydrogens (tertiary/aromatic N) is 1. The lowest BCUT2D eigenvalue weighted by molar-refractivity contribution is 0.0600. The van der Waals surface area contributed by atoms with E-state index in [-0.39, 0.29) is 16.5 Å². The number of pyridine rings is 1. The predicted molar refractivity (Wildman–Crippen MR) is 75.0 cm³/mol. The largest absolute Gasteiger partial charge is 0.465 e. The van der Waals surface area contributed by atoms with Crippen molar-refractivity contribution in [2.24, 2.45) is 0 Å². The topological polar surface area (TPSA) is 68.3 Å². The summed E-state index contributed by atoms with van der Waals surface area (Å²) in [5, 5.41) is 2.93. The van der Waals surface area contributed by atoms with E-state index in [1.807, 2.05) is 0 Å². The number of carbonyl (C=O) groups is 2. The first-order valence-electron chi connectivity index (χ1n) is 5.71. The van der Waals surface area contributed by atoms with E-state index in [9.17, 15) is 9.59 Å². The van der Waals surface area contributed by atoms with Gasteiger partial charge in [0.25, 0.3) is 5.91 Å². The third-order valence-corrected chi connectivity index (χ3v) is 2.90. The molecule has 0 saturated carbocycles. The van der Waals surface area contributed by atoms with Gasteiger partial charge in [0.2, 0.25) is 0 Å². The number of amides is 1. The van der Waals surface area contributed by atoms with Crippen molar-refractivity contribution in [3.8, 4) is 0 Å². The van der Waals surface area contributed by atoms with Crippen LogP contribution in [-0.2, 0) is 4.74 Å². The molecule has 0 fully saturated rings. The van der Waals surface area contributed by atoms with Crippen molar-refractivity contribution >= 4 is 29.2 Å². The second-order valence-corrected chi connectivity index (χ2v) is 4.28. The number of ether oxygens (including phenoxy) is 1. The van der Waals surface area contributed by atoms with Crippen molar-refractivity contribution in [2.45, 2.75) is 0 Å². The van der Waals surface area contributed by atoms with Crippen LogP contribution < -0.4 is 5.32 Å². The van der Waals surface area contributed by atoms with Crippen LogP contribution in [0, 0.1) is 0 Å². The van der Waals surface area contributed by atoms with Gasteiger partial charge in [0.05, 0.1) is 17.7 Å². The SMILES string of the molecule is COC(=O)c1cc(NC(=O)c2ccncc2)ccc1Cl. The van der Waals surface area contributed by atoms with Crippen LogP contribution in [0.15, 0.2) is 42.7 Å². The number of hydrogen-bond acceptors (Lipinski definition) is 4. The van der Waals surface area contributed by atoms with E-state index in [4.69, 9.17) is 11.6 Å². The van der Waals surface area contributed by atoms with Gasteiger partial charge in [-0.05, 0) is 30.3 Å². The lowest BCUT2D eigenvalue weighted by Crippen LogP contribution is -2.12. The highest BCUT2D eigenvalue weighted by Gasteiger charge is 2.13. The molecule has 1 amide bonds. The van der Waals surface area contributed by atoms with Gasteiger partial charge in [-0.2, -0.15) is 0 Å². The Morgan fingerprint density at radius 3 is 2.55 bits per heavy atom. The molecule has 0 spiro atoms. The van der Waals surface area contributed by atoms with Crippen LogP contribution in [0.4, 0.5) is 5.69 Å². The molecule has 5 nitrogen and oxygen atoms in total. The lowest BCUT2D eigenvalue weighted by Gasteiger charge is -2.08. The van der Waals surface area contributed by atoms with Crippen LogP contribution in [0.5, 0.6) is 0 Å². The minimum absolute atomic E-state index is 0.196. The highest BCUT2D eigenvalue weighted by atomic mass is 35.5. The van der Waals surface area contributed by atoms with Gasteiger partial charge in [-0.15, -0.1) is 0 Å². The Labute approximate surface area is 120 Å². The summed E-state index contributed by atoms with van der Waals surface area (Å²) in [6.07, 6.45) is 3.05. The Balaban J connectivity index is 2.22. The number of nitrogens with one attached hydrogen (secondary N) is 1. The van der Waals surface area contributed by atoms with Gasteiger partial charge in [-0.3, -0.25) is 9.78 Å². The summed E-state index contributed by atoms with van der Waals surface area (Å²) in [6, 6.07) is 7.77. The van der Waals surface area contributed by atoms with Gasteiger partial charge in [0, 0.05) is 23.6 Å². The number of methoxy groups -OCH3 is 1. The molecule has 2 aromatic rings. The maximum absolute atomic E-state index is 12.0. The van der Waals surface area contributed by atoms with Gasteiger partial charge < -0.3 is 10.1 Å². The summed E-state index contributed by atoms with van der Waals surface area (Å²) in [4.78, 5) is 27.3. The van der Waals surface area contributed by atoms with E-state index >= 15 is 0 Å². The minimum atomic E-state index is -0.560. The van der Waals surface area contributed by atoms with Crippen LogP contribution >= 0.6 is 11.6 Å². The maximum Gasteiger partial charge on any atom is 0.339 e. The fourth-order valence-electron chi connectivity index (χ4n) is 1.58. The smallest absolute Gasteiger partial charge is 0.339 e. The highest BCUT2D eigenvalue weighted by Crippen LogP contribution is 2.21. The molecule has 2 rings (SSSR count). The van der Waals surface area contributed by atoms with Crippen LogP contribution in [-0.4, -0.2) is 24.0 Å². The number of benzene rings is 1. The molecule has 1 aromatic heterocycles. The highest BCUT2D eigenvalue weighted by molar-refractivity contribution is 6.33. The van der Waals surface area contributed by atoms with Crippen LogP contribution in [0.3, 0.4) is 0 Å². The number of hydrogen-bond donors (Lipinski definition) is 1. The van der Waals surface area contributed by atoms with Crippen molar-refractivity contribution in [3.63, 3.8) is 0 Å². The Morgan fingerprint density at radius 1 is 1.20 bits per heavy atom. The van der Waals surface area contributed by atoms with Crippen LogP contribution in [0.25, 0.3) is 0 Å². The Morgan fingerprint density at radius 2 is 1.90 bits per heavy atom. The third-order valence-electron chi connectivity index (χ3n) is 2.57. The molecule has 0 bridgehead atoms. The number of anilines is 1. The first-order chi connectivity index (χ1) is 9.61. The first kappa shape index (κ1) is 14.0. The molecule has 0 aliphatic carbocycles. The Hall–Kier alpha value is -2.40. The first-order valence-corrected chi connectivity index (χ1v) is 6.09. The molecule has 1 aromatic carbocycles. The van der Waals surface area contributed by atoms with Crippen molar-refractivity contribution in [2.75, 3.05) is 12.4 Å². The van der Waals surface area contributed by atoms with Crippen LogP contribution in [0.1, 0.15) is 20.7 Å². The third kappa shape index (κ3) is 3.13. The molecule has 6 heteroatoms. The standard InChI is InChI=1S/C14H11ClN2O3/c1-20-14(19)11-8-10(2-3-12(11)15)17-13(18)9-4-6-16-7-5-9/h2-8H,1H3,(H,17,18). The molecule has 0 atom stereocenters. The van der Waals surface area contributed by atoms with E-state index in [1.165, 1.54) is 31.6 Å². The van der Waals surface area contributed by atoms with Gasteiger partial charge in [-0.25, -0.2) is 4.79 Å². The molecule has 0 unspecified atom stereocenters. The molecule has 0 aliphatic heterocycles. The maximum atomic E-state index is 12.0. The van der Waals surface area contributed by atoms with Gasteiger partial charge >= 0.3 is 5.97 Å². The summed E-state index contributed by atoms with van der Waals surface area (Å²) in [5.74, 6) is -0.861. The van der Waals surface area contributed by atoms with Crippen LogP contribution in [0.2, 0.25) is 5.02 Å². The zero-order valence-corrected chi connectivity index (χ0v) is 11.3. The van der Waals surface area contributed by atoms with E-state index in [1.54, 1.807) is 18.2 Å². The van der Waals surface area contributed by atoms with E-state index in [0.717, 1.165) is 0 Å². The molecule has 0 saturated heterocycles. The van der Waals surface area contributed by atoms with Gasteiger partial charge in [0.15, 0.2) is 0 Å². The molecule has 0 radical (unpaired) electrons. The monoisotopic (exact) mass is 290 g/mol. The van der Waals surface area contributed by atoms with Crippen molar-refractivity contribution in [1.82, 2.24) is 4.98 Å². The van der Waals surface area contributed by atoms with E-state index in [2.05, 4.69) is 15.0 Å². The second-order valence-electron chi connectivity index (χ2n) is 3.88. The Kier molecular flexibility index (Phi) is 4.32. The molecule has 0 aliphatic rings. The average molecular weight is 291 g/mol. The molecular weight excluding hydrogens is 280 g/mol. The quantitative estimate of drug-likeness (QED) is 0.883. The fourth-order valence-corrected chi connectivity index (χ4v) is 1.77. The summed E-state index contributed by atoms with van der Waals surface area (Å²) in [7, 11) is 1.26. The minimum Gasteiger partial charge on any atom is -0.465 e. The van der Waals surface area contributed by atoms with Gasteiger partial charge in [-0.1, -0.05) is 11.6 Å². The molecule has 1 heterocycles. The number of halogens is 1. The zero-order valence-electron chi connectivity index (χ0n) is 10.6. The lowest BCUT2D eigenvalue weighted by atomic mass is 10.2. The number of carbonyl (C=O) groups excluding carboxylic acids is 2. The van der Waals surface area contributed by atoms with Gasteiger partial charge in [0.1, 0.15) is 0 Å². The molecular formula is C14H11ClN2O3. The Bertz CT molecular complexity index is 644. The van der Waals surface area contributed by atoms with E-state index < -0.39 is 5.97 Å². The van der Waals surface area contributed by atoms with Crippen molar-refractivity contribution < 1.29 is 14.3 Å². The molecule has 20 heavy (non-hydrogen) atoms. The number of rotatable bonds is 3. The van der Waals surface area contributed by atoms with E-state index in [0.29, 0.717) is 11.3 Å². The summed E-state index contributed by atoms with van der Waals surface area (Å²) in [6.45, 7) is 0. The summed E-state index contributed by atoms with van der Waals surface area (Å²) < 4.78 is 4.62. The fraction of sp³-hybridized carbons (Fsp3) is 0.0714. The zero-order chi connectivity index (χ0) is 14.5. The predicted octanol–water partition coefficient (Wildman–Crippen LogP) is 2.77. The normalized spacial score (nSPS) is 9.90. The van der Waals surface area contributed by atoms with Crippen molar-refractivity contribution in [1.29, 1.82) is 0 Å².